The fourth-order valence-corrected chi connectivity index (χ4v) is 4.81. The van der Waals surface area contributed by atoms with E-state index in [9.17, 15) is 4.79 Å². The number of rotatable bonds is 7. The van der Waals surface area contributed by atoms with E-state index < -0.39 is 0 Å². The predicted octanol–water partition coefficient (Wildman–Crippen LogP) is 4.73. The van der Waals surface area contributed by atoms with Crippen LogP contribution in [0.3, 0.4) is 0 Å². The van der Waals surface area contributed by atoms with E-state index in [1.54, 1.807) is 23.7 Å². The van der Waals surface area contributed by atoms with Crippen molar-refractivity contribution in [3.05, 3.63) is 84.1 Å². The first-order valence-corrected chi connectivity index (χ1v) is 12.1. The normalized spacial score (nSPS) is 15.5. The number of nitrogens with zero attached hydrogens (tertiary/aromatic N) is 6. The summed E-state index contributed by atoms with van der Waals surface area (Å²) in [4.78, 5) is 17.4. The molecule has 8 nitrogen and oxygen atoms in total. The molecule has 0 spiro atoms. The molecule has 4 heterocycles. The summed E-state index contributed by atoms with van der Waals surface area (Å²) < 4.78 is 7.65. The second kappa shape index (κ2) is 9.64. The number of carbonyl (C=O) groups is 1. The maximum absolute atomic E-state index is 13.3. The van der Waals surface area contributed by atoms with Gasteiger partial charge in [0.25, 0.3) is 5.91 Å². The highest BCUT2D eigenvalue weighted by Gasteiger charge is 2.35. The average Bonchev–Trinajstić information content (AvgIpc) is 3.63. The molecule has 1 aromatic carbocycles. The molecule has 0 bridgehead atoms. The molecular formula is C25H24N6O2S. The fraction of sp³-hybridized carbons (Fsp3) is 0.240. The Kier molecular flexibility index (Phi) is 6.27. The molecule has 1 unspecified atom stereocenters. The lowest BCUT2D eigenvalue weighted by molar-refractivity contribution is -0.130. The zero-order valence-corrected chi connectivity index (χ0v) is 19.8. The Labute approximate surface area is 201 Å². The molecule has 4 aromatic rings. The number of hydrogen-bond acceptors (Lipinski definition) is 7. The van der Waals surface area contributed by atoms with Crippen LogP contribution in [-0.4, -0.2) is 42.1 Å². The largest absolute Gasteiger partial charge is 0.467 e. The number of aryl methyl sites for hydroxylation is 1. The van der Waals surface area contributed by atoms with Crippen molar-refractivity contribution in [2.45, 2.75) is 38.0 Å². The average molecular weight is 473 g/mol. The molecule has 1 amide bonds. The van der Waals surface area contributed by atoms with Gasteiger partial charge in [-0.25, -0.2) is 5.01 Å². The van der Waals surface area contributed by atoms with Crippen LogP contribution in [0.2, 0.25) is 0 Å². The van der Waals surface area contributed by atoms with Gasteiger partial charge >= 0.3 is 0 Å². The second-order valence-electron chi connectivity index (χ2n) is 7.96. The molecule has 0 N–H and O–H groups in total. The van der Waals surface area contributed by atoms with E-state index in [4.69, 9.17) is 9.52 Å². The van der Waals surface area contributed by atoms with Crippen molar-refractivity contribution in [3.63, 3.8) is 0 Å². The molecule has 0 fully saturated rings. The zero-order valence-electron chi connectivity index (χ0n) is 19.0. The third kappa shape index (κ3) is 4.38. The lowest BCUT2D eigenvalue weighted by Crippen LogP contribution is -2.28. The Morgan fingerprint density at radius 3 is 2.59 bits per heavy atom. The van der Waals surface area contributed by atoms with Crippen LogP contribution in [0.4, 0.5) is 0 Å². The van der Waals surface area contributed by atoms with E-state index in [0.29, 0.717) is 18.1 Å². The Bertz CT molecular complexity index is 1300. The Morgan fingerprint density at radius 1 is 1.09 bits per heavy atom. The summed E-state index contributed by atoms with van der Waals surface area (Å²) in [5.41, 5.74) is 4.00. The van der Waals surface area contributed by atoms with Crippen molar-refractivity contribution in [1.29, 1.82) is 0 Å². The minimum atomic E-state index is -0.268. The van der Waals surface area contributed by atoms with Crippen molar-refractivity contribution >= 4 is 23.4 Å². The van der Waals surface area contributed by atoms with Gasteiger partial charge in [0, 0.05) is 30.9 Å². The summed E-state index contributed by atoms with van der Waals surface area (Å²) in [6.45, 7) is 4.77. The smallest absolute Gasteiger partial charge is 0.253 e. The Balaban J connectivity index is 1.36. The van der Waals surface area contributed by atoms with Gasteiger partial charge in [-0.15, -0.1) is 10.2 Å². The third-order valence-corrected chi connectivity index (χ3v) is 6.67. The van der Waals surface area contributed by atoms with Crippen LogP contribution < -0.4 is 0 Å². The van der Waals surface area contributed by atoms with Crippen molar-refractivity contribution in [3.8, 4) is 11.4 Å². The molecule has 0 radical (unpaired) electrons. The first kappa shape index (κ1) is 22.1. The molecule has 34 heavy (non-hydrogen) atoms. The summed E-state index contributed by atoms with van der Waals surface area (Å²) >= 11 is 1.36. The van der Waals surface area contributed by atoms with Gasteiger partial charge in [0.2, 0.25) is 0 Å². The molecule has 0 saturated heterocycles. The number of benzene rings is 1. The molecule has 1 aliphatic heterocycles. The molecule has 172 valence electrons. The van der Waals surface area contributed by atoms with E-state index in [-0.39, 0.29) is 17.7 Å². The molecular weight excluding hydrogens is 448 g/mol. The number of aromatic nitrogens is 4. The summed E-state index contributed by atoms with van der Waals surface area (Å²) in [5, 5.41) is 15.6. The molecule has 0 saturated carbocycles. The monoisotopic (exact) mass is 472 g/mol. The van der Waals surface area contributed by atoms with Gasteiger partial charge < -0.3 is 8.98 Å². The number of furan rings is 1. The molecule has 9 heteroatoms. The van der Waals surface area contributed by atoms with Crippen LogP contribution in [0.5, 0.6) is 0 Å². The summed E-state index contributed by atoms with van der Waals surface area (Å²) in [7, 11) is 0. The van der Waals surface area contributed by atoms with E-state index >= 15 is 0 Å². The standard InChI is InChI=1S/C25H24N6O2S/c1-3-30-24(19-10-12-26-13-11-19)27-28-25(30)34-16-23(32)31-21(22-5-4-14-33-22)15-20(29-31)18-8-6-17(2)7-9-18/h4-14,21H,3,15-16H2,1-2H3. The van der Waals surface area contributed by atoms with E-state index in [1.165, 1.54) is 17.3 Å². The summed E-state index contributed by atoms with van der Waals surface area (Å²) in [5.74, 6) is 1.57. The first-order valence-electron chi connectivity index (χ1n) is 11.1. The number of pyridine rings is 1. The minimum Gasteiger partial charge on any atom is -0.467 e. The molecule has 5 rings (SSSR count). The molecule has 1 atom stereocenters. The van der Waals surface area contributed by atoms with Gasteiger partial charge in [-0.1, -0.05) is 41.6 Å². The lowest BCUT2D eigenvalue weighted by atomic mass is 10.0. The summed E-state index contributed by atoms with van der Waals surface area (Å²) in [6.07, 6.45) is 5.68. The van der Waals surface area contributed by atoms with Crippen molar-refractivity contribution < 1.29 is 9.21 Å². The van der Waals surface area contributed by atoms with Gasteiger partial charge in [-0.3, -0.25) is 9.78 Å². The fourth-order valence-electron chi connectivity index (χ4n) is 3.95. The van der Waals surface area contributed by atoms with E-state index in [1.807, 2.05) is 54.8 Å². The summed E-state index contributed by atoms with van der Waals surface area (Å²) in [6, 6.07) is 15.4. The van der Waals surface area contributed by atoms with E-state index in [0.717, 1.165) is 28.4 Å². The SMILES string of the molecule is CCn1c(SCC(=O)N2N=C(c3ccc(C)cc3)CC2c2ccco2)nnc1-c1ccncc1. The lowest BCUT2D eigenvalue weighted by Gasteiger charge is -2.19. The van der Waals surface area contributed by atoms with Gasteiger partial charge in [-0.05, 0) is 43.7 Å². The van der Waals surface area contributed by atoms with Crippen LogP contribution in [0.25, 0.3) is 11.4 Å². The zero-order chi connectivity index (χ0) is 23.5. The number of amides is 1. The maximum Gasteiger partial charge on any atom is 0.253 e. The van der Waals surface area contributed by atoms with Crippen LogP contribution in [0.15, 0.2) is 81.9 Å². The van der Waals surface area contributed by atoms with Gasteiger partial charge in [-0.2, -0.15) is 5.10 Å². The second-order valence-corrected chi connectivity index (χ2v) is 8.90. The molecule has 0 aliphatic carbocycles. The Hall–Kier alpha value is -3.72. The number of carbonyl (C=O) groups excluding carboxylic acids is 1. The number of hydrogen-bond donors (Lipinski definition) is 0. The van der Waals surface area contributed by atoms with E-state index in [2.05, 4.69) is 27.3 Å². The van der Waals surface area contributed by atoms with Crippen LogP contribution in [-0.2, 0) is 11.3 Å². The number of hydrazone groups is 1. The van der Waals surface area contributed by atoms with Crippen molar-refractivity contribution in [2.24, 2.45) is 5.10 Å². The predicted molar refractivity (Wildman–Crippen MR) is 130 cm³/mol. The van der Waals surface area contributed by atoms with Gasteiger partial charge in [0.05, 0.1) is 17.7 Å². The topological polar surface area (TPSA) is 89.4 Å². The quantitative estimate of drug-likeness (QED) is 0.361. The van der Waals surface area contributed by atoms with Crippen LogP contribution in [0, 0.1) is 6.92 Å². The van der Waals surface area contributed by atoms with Crippen molar-refractivity contribution in [1.82, 2.24) is 24.8 Å². The highest BCUT2D eigenvalue weighted by molar-refractivity contribution is 7.99. The minimum absolute atomic E-state index is 0.107. The number of thioether (sulfide) groups is 1. The highest BCUT2D eigenvalue weighted by atomic mass is 32.2. The Morgan fingerprint density at radius 2 is 1.88 bits per heavy atom. The molecule has 1 aliphatic rings. The highest BCUT2D eigenvalue weighted by Crippen LogP contribution is 2.34. The van der Waals surface area contributed by atoms with Gasteiger partial charge in [0.15, 0.2) is 11.0 Å². The first-order chi connectivity index (χ1) is 16.6. The maximum atomic E-state index is 13.3. The third-order valence-electron chi connectivity index (χ3n) is 5.72. The van der Waals surface area contributed by atoms with Gasteiger partial charge in [0.1, 0.15) is 11.8 Å². The van der Waals surface area contributed by atoms with Crippen LogP contribution in [0.1, 0.15) is 36.3 Å². The van der Waals surface area contributed by atoms with Crippen LogP contribution >= 0.6 is 11.8 Å². The molecule has 3 aromatic heterocycles. The van der Waals surface area contributed by atoms with Crippen molar-refractivity contribution in [2.75, 3.05) is 5.75 Å².